The smallest absolute Gasteiger partial charge is 0.0720 e. The molecule has 0 aromatic heterocycles. The van der Waals surface area contributed by atoms with Crippen LogP contribution in [0, 0.1) is 0 Å². The molecule has 0 N–H and O–H groups in total. The SMILES string of the molecule is CC1(C)c2ccccc2-c2ccc(N(c3ccc(-c4ccccc4)cc3)c3ccc(-c4ccc5c(c4)-c4ccccc4C54c5ccccc5C5(c6ccccc6-c6ccc(N(c7ccc(-c8ccccc8)cc7)c7ccc8c(c7)C(C)(C)c7ccccc7-8)cc65)c5ccccc54)cc3)cc21. The van der Waals surface area contributed by atoms with E-state index in [-0.39, 0.29) is 10.8 Å². The van der Waals surface area contributed by atoms with Gasteiger partial charge >= 0.3 is 0 Å². The zero-order valence-electron chi connectivity index (χ0n) is 56.4. The molecule has 20 rings (SSSR count). The normalized spacial score (nSPS) is 16.6. The van der Waals surface area contributed by atoms with Crippen LogP contribution in [0.15, 0.2) is 352 Å². The van der Waals surface area contributed by atoms with Gasteiger partial charge in [0.15, 0.2) is 0 Å². The van der Waals surface area contributed by atoms with Gasteiger partial charge in [0, 0.05) is 45.0 Å². The fourth-order valence-corrected chi connectivity index (χ4v) is 18.8. The summed E-state index contributed by atoms with van der Waals surface area (Å²) in [5, 5.41) is 0. The monoisotopic (exact) mass is 1270 g/mol. The largest absolute Gasteiger partial charge is 0.310 e. The van der Waals surface area contributed by atoms with Crippen molar-refractivity contribution in [3.8, 4) is 77.9 Å². The number of rotatable bonds is 9. The highest BCUT2D eigenvalue weighted by molar-refractivity contribution is 5.97. The molecule has 0 atom stereocenters. The van der Waals surface area contributed by atoms with Crippen molar-refractivity contribution >= 4 is 34.1 Å². The van der Waals surface area contributed by atoms with E-state index in [0.717, 1.165) is 34.1 Å². The fourth-order valence-electron chi connectivity index (χ4n) is 18.8. The minimum Gasteiger partial charge on any atom is -0.310 e. The Labute approximate surface area is 586 Å². The van der Waals surface area contributed by atoms with Crippen LogP contribution < -0.4 is 9.80 Å². The Kier molecular flexibility index (Phi) is 12.6. The molecule has 0 unspecified atom stereocenters. The van der Waals surface area contributed by atoms with Gasteiger partial charge in [-0.2, -0.15) is 0 Å². The summed E-state index contributed by atoms with van der Waals surface area (Å²) in [7, 11) is 0. The van der Waals surface area contributed by atoms with Crippen molar-refractivity contribution in [2.45, 2.75) is 49.4 Å². The average Bonchev–Trinajstić information content (AvgIpc) is 1.44. The van der Waals surface area contributed by atoms with Crippen LogP contribution in [0.3, 0.4) is 0 Å². The average molecular weight is 1280 g/mol. The van der Waals surface area contributed by atoms with E-state index in [2.05, 4.69) is 389 Å². The van der Waals surface area contributed by atoms with Crippen LogP contribution in [0.4, 0.5) is 34.1 Å². The van der Waals surface area contributed by atoms with Gasteiger partial charge < -0.3 is 9.80 Å². The van der Waals surface area contributed by atoms with Crippen LogP contribution in [0.2, 0.25) is 0 Å². The molecule has 0 heterocycles. The predicted octanol–water partition coefficient (Wildman–Crippen LogP) is 25.3. The molecule has 0 radical (unpaired) electrons. The first-order valence-corrected chi connectivity index (χ1v) is 35.3. The third kappa shape index (κ3) is 8.13. The molecule has 0 aliphatic heterocycles. The van der Waals surface area contributed by atoms with Crippen molar-refractivity contribution in [1.29, 1.82) is 0 Å². The Morgan fingerprint density at radius 3 is 0.820 bits per heavy atom. The molecule has 5 aliphatic rings. The van der Waals surface area contributed by atoms with Gasteiger partial charge in [-0.3, -0.25) is 0 Å². The Bertz CT molecular complexity index is 5790. The molecule has 2 nitrogen and oxygen atoms in total. The van der Waals surface area contributed by atoms with Gasteiger partial charge in [0.1, 0.15) is 0 Å². The fraction of sp³-hybridized carbons (Fsp3) is 0.0816. The first-order chi connectivity index (χ1) is 49.1. The summed E-state index contributed by atoms with van der Waals surface area (Å²) in [6, 6.07) is 133. The molecule has 472 valence electrons. The summed E-state index contributed by atoms with van der Waals surface area (Å²) in [4.78, 5) is 4.94. The van der Waals surface area contributed by atoms with Gasteiger partial charge in [0.25, 0.3) is 0 Å². The zero-order valence-corrected chi connectivity index (χ0v) is 56.4. The maximum Gasteiger partial charge on any atom is 0.0720 e. The quantitative estimate of drug-likeness (QED) is 0.142. The summed E-state index contributed by atoms with van der Waals surface area (Å²) >= 11 is 0. The van der Waals surface area contributed by atoms with Crippen molar-refractivity contribution in [1.82, 2.24) is 0 Å². The maximum absolute atomic E-state index is 2.56. The molecule has 2 spiro atoms. The first-order valence-electron chi connectivity index (χ1n) is 35.3. The molecule has 2 heteroatoms. The highest BCUT2D eigenvalue weighted by Crippen LogP contribution is 2.68. The Balaban J connectivity index is 0.727. The van der Waals surface area contributed by atoms with Crippen molar-refractivity contribution < 1.29 is 0 Å². The second kappa shape index (κ2) is 21.7. The van der Waals surface area contributed by atoms with E-state index in [1.165, 1.54) is 145 Å². The second-order valence-electron chi connectivity index (χ2n) is 29.0. The van der Waals surface area contributed by atoms with Gasteiger partial charge in [0.2, 0.25) is 0 Å². The number of hydrogen-bond donors (Lipinski definition) is 0. The summed E-state index contributed by atoms with van der Waals surface area (Å²) in [6.45, 7) is 9.51. The lowest BCUT2D eigenvalue weighted by Crippen LogP contribution is -2.43. The highest BCUT2D eigenvalue weighted by Gasteiger charge is 2.59. The third-order valence-electron chi connectivity index (χ3n) is 23.4. The molecular weight excluding hydrogens is 1210 g/mol. The van der Waals surface area contributed by atoms with Crippen LogP contribution in [0.5, 0.6) is 0 Å². The number of benzene rings is 15. The summed E-state index contributed by atoms with van der Waals surface area (Å²) in [6.07, 6.45) is 0. The van der Waals surface area contributed by atoms with Crippen LogP contribution in [-0.4, -0.2) is 0 Å². The van der Waals surface area contributed by atoms with E-state index in [9.17, 15) is 0 Å². The van der Waals surface area contributed by atoms with Gasteiger partial charge in [-0.1, -0.05) is 301 Å². The van der Waals surface area contributed by atoms with Crippen LogP contribution in [0.1, 0.15) is 94.5 Å². The van der Waals surface area contributed by atoms with Crippen molar-refractivity contribution in [2.75, 3.05) is 9.80 Å². The highest BCUT2D eigenvalue weighted by atomic mass is 15.1. The number of anilines is 6. The van der Waals surface area contributed by atoms with Crippen LogP contribution >= 0.6 is 0 Å². The Morgan fingerprint density at radius 2 is 0.410 bits per heavy atom. The summed E-state index contributed by atoms with van der Waals surface area (Å²) < 4.78 is 0. The molecule has 15 aromatic carbocycles. The van der Waals surface area contributed by atoms with E-state index in [0.29, 0.717) is 0 Å². The number of nitrogens with zero attached hydrogens (tertiary/aromatic N) is 2. The zero-order chi connectivity index (χ0) is 66.6. The van der Waals surface area contributed by atoms with E-state index in [1.807, 2.05) is 0 Å². The number of hydrogen-bond acceptors (Lipinski definition) is 2. The Hall–Kier alpha value is -12.1. The maximum atomic E-state index is 2.56. The molecule has 0 amide bonds. The standard InChI is InChI=1S/C98H70N2/c1-95(2)83-31-15-11-27-75(83)79-55-52-72(60-92(79)95)99(69-46-39-65(40-47-69)63-23-7-5-8-24-63)70-50-43-67(44-51-70)68-45-58-87-82(59-68)78-30-14-18-34-86(78)97(87)88-35-19-21-37-90(88)98(91-38-22-20-36-89(91)97)85-33-17-13-29-77(85)81-57-54-74(62-94(81)98)100(71-48-41-66(42-49-71)64-25-9-6-10-26-64)73-53-56-80-76-28-12-16-32-84(76)96(3,4)93(80)61-73/h5-62H,1-4H3. The van der Waals surface area contributed by atoms with E-state index < -0.39 is 10.8 Å². The van der Waals surface area contributed by atoms with Crippen LogP contribution in [0.25, 0.3) is 77.9 Å². The molecule has 100 heavy (non-hydrogen) atoms. The Morgan fingerprint density at radius 1 is 0.160 bits per heavy atom. The molecule has 0 saturated heterocycles. The molecular formula is C98H70N2. The summed E-state index contributed by atoms with van der Waals surface area (Å²) in [5.74, 6) is 0. The molecule has 0 saturated carbocycles. The summed E-state index contributed by atoms with van der Waals surface area (Å²) in [5.41, 5.74) is 38.5. The van der Waals surface area contributed by atoms with Gasteiger partial charge in [-0.15, -0.1) is 0 Å². The van der Waals surface area contributed by atoms with Gasteiger partial charge in [-0.05, 0) is 224 Å². The third-order valence-corrected chi connectivity index (χ3v) is 23.4. The van der Waals surface area contributed by atoms with E-state index >= 15 is 0 Å². The second-order valence-corrected chi connectivity index (χ2v) is 29.0. The number of fused-ring (bicyclic) bond motifs is 22. The van der Waals surface area contributed by atoms with E-state index in [1.54, 1.807) is 0 Å². The topological polar surface area (TPSA) is 6.48 Å². The van der Waals surface area contributed by atoms with E-state index in [4.69, 9.17) is 0 Å². The van der Waals surface area contributed by atoms with Crippen LogP contribution in [-0.2, 0) is 21.7 Å². The molecule has 0 bridgehead atoms. The van der Waals surface area contributed by atoms with Gasteiger partial charge in [0.05, 0.1) is 10.8 Å². The minimum atomic E-state index is -0.678. The van der Waals surface area contributed by atoms with Crippen molar-refractivity contribution in [3.05, 3.63) is 419 Å². The lowest BCUT2D eigenvalue weighted by Gasteiger charge is -2.49. The molecule has 0 fully saturated rings. The molecule has 15 aromatic rings. The van der Waals surface area contributed by atoms with Crippen molar-refractivity contribution in [3.63, 3.8) is 0 Å². The first kappa shape index (κ1) is 58.1. The minimum absolute atomic E-state index is 0.142. The molecule has 5 aliphatic carbocycles. The predicted molar refractivity (Wildman–Crippen MR) is 415 cm³/mol. The van der Waals surface area contributed by atoms with Crippen molar-refractivity contribution in [2.24, 2.45) is 0 Å². The lowest BCUT2D eigenvalue weighted by atomic mass is 9.52. The van der Waals surface area contributed by atoms with Gasteiger partial charge in [-0.25, -0.2) is 0 Å². The lowest BCUT2D eigenvalue weighted by molar-refractivity contribution is 0.633.